The van der Waals surface area contributed by atoms with Gasteiger partial charge in [-0.2, -0.15) is 0 Å². The molecule has 6 nitrogen and oxygen atoms in total. The van der Waals surface area contributed by atoms with Crippen molar-refractivity contribution < 1.29 is 13.9 Å². The molecule has 0 aliphatic heterocycles. The molecule has 0 aromatic heterocycles. The number of nitrogens with one attached hydrogen (secondary N) is 2. The summed E-state index contributed by atoms with van der Waals surface area (Å²) < 4.78 is 18.2. The van der Waals surface area contributed by atoms with E-state index < -0.39 is 0 Å². The predicted molar refractivity (Wildman–Crippen MR) is 98.2 cm³/mol. The monoisotopic (exact) mass is 352 g/mol. The molecular formula is C18H29FN4O2. The second kappa shape index (κ2) is 12.2. The van der Waals surface area contributed by atoms with Crippen molar-refractivity contribution in [3.8, 4) is 0 Å². The number of benzene rings is 1. The highest BCUT2D eigenvalue weighted by Gasteiger charge is 2.04. The smallest absolute Gasteiger partial charge is 0.243 e. The van der Waals surface area contributed by atoms with Crippen molar-refractivity contribution in [2.24, 2.45) is 4.99 Å². The second-order valence-corrected chi connectivity index (χ2v) is 5.73. The van der Waals surface area contributed by atoms with E-state index in [-0.39, 0.29) is 18.3 Å². The van der Waals surface area contributed by atoms with Crippen molar-refractivity contribution in [2.45, 2.75) is 19.8 Å². The van der Waals surface area contributed by atoms with Crippen LogP contribution in [0, 0.1) is 5.82 Å². The maximum Gasteiger partial charge on any atom is 0.243 e. The molecule has 0 saturated heterocycles. The van der Waals surface area contributed by atoms with Gasteiger partial charge in [0.15, 0.2) is 5.96 Å². The van der Waals surface area contributed by atoms with Gasteiger partial charge in [-0.3, -0.25) is 4.79 Å². The first-order valence-electron chi connectivity index (χ1n) is 8.57. The normalized spacial score (nSPS) is 11.3. The number of hydrogen-bond donors (Lipinski definition) is 2. The first kappa shape index (κ1) is 20.9. The van der Waals surface area contributed by atoms with Crippen molar-refractivity contribution in [1.82, 2.24) is 15.5 Å². The number of rotatable bonds is 10. The van der Waals surface area contributed by atoms with Gasteiger partial charge < -0.3 is 20.3 Å². The number of guanidine groups is 1. The summed E-state index contributed by atoms with van der Waals surface area (Å²) in [5.41, 5.74) is 1.04. The number of hydrogen-bond acceptors (Lipinski definition) is 3. The van der Waals surface area contributed by atoms with Gasteiger partial charge in [-0.1, -0.05) is 12.1 Å². The molecule has 0 radical (unpaired) electrons. The lowest BCUT2D eigenvalue weighted by molar-refractivity contribution is -0.127. The van der Waals surface area contributed by atoms with Crippen LogP contribution in [0.4, 0.5) is 4.39 Å². The van der Waals surface area contributed by atoms with Crippen LogP contribution in [0.5, 0.6) is 0 Å². The molecule has 0 fully saturated rings. The van der Waals surface area contributed by atoms with Gasteiger partial charge in [-0.15, -0.1) is 0 Å². The zero-order valence-corrected chi connectivity index (χ0v) is 15.3. The van der Waals surface area contributed by atoms with Crippen LogP contribution < -0.4 is 10.6 Å². The molecule has 1 aromatic carbocycles. The second-order valence-electron chi connectivity index (χ2n) is 5.73. The molecule has 1 rings (SSSR count). The number of aliphatic imine (C=N–C) groups is 1. The summed E-state index contributed by atoms with van der Waals surface area (Å²) >= 11 is 0. The SMILES string of the molecule is CCOCCCNC(=NCC(=O)N(C)C)NCCc1ccc(F)cc1. The van der Waals surface area contributed by atoms with E-state index in [2.05, 4.69) is 15.6 Å². The summed E-state index contributed by atoms with van der Waals surface area (Å²) in [5.74, 6) is 0.292. The van der Waals surface area contributed by atoms with Crippen molar-refractivity contribution in [2.75, 3.05) is 46.9 Å². The van der Waals surface area contributed by atoms with Gasteiger partial charge in [0.1, 0.15) is 12.4 Å². The highest BCUT2D eigenvalue weighted by atomic mass is 19.1. The van der Waals surface area contributed by atoms with E-state index in [4.69, 9.17) is 4.74 Å². The molecule has 140 valence electrons. The summed E-state index contributed by atoms with van der Waals surface area (Å²) in [6, 6.07) is 6.43. The van der Waals surface area contributed by atoms with Crippen LogP contribution in [0.15, 0.2) is 29.3 Å². The van der Waals surface area contributed by atoms with Crippen molar-refractivity contribution in [1.29, 1.82) is 0 Å². The van der Waals surface area contributed by atoms with E-state index in [9.17, 15) is 9.18 Å². The molecule has 0 saturated carbocycles. The lowest BCUT2D eigenvalue weighted by Crippen LogP contribution is -2.40. The van der Waals surface area contributed by atoms with Crippen molar-refractivity contribution in [3.05, 3.63) is 35.6 Å². The Labute approximate surface area is 149 Å². The minimum absolute atomic E-state index is 0.0612. The zero-order valence-electron chi connectivity index (χ0n) is 15.3. The number of likely N-dealkylation sites (N-methyl/N-ethyl adjacent to an activating group) is 1. The molecule has 0 spiro atoms. The Morgan fingerprint density at radius 3 is 2.52 bits per heavy atom. The van der Waals surface area contributed by atoms with Gasteiger partial charge in [0.25, 0.3) is 0 Å². The molecule has 0 aliphatic rings. The Morgan fingerprint density at radius 1 is 1.20 bits per heavy atom. The molecule has 1 amide bonds. The largest absolute Gasteiger partial charge is 0.382 e. The third-order valence-electron chi connectivity index (χ3n) is 3.45. The number of carbonyl (C=O) groups is 1. The molecule has 0 heterocycles. The fraction of sp³-hybridized carbons (Fsp3) is 0.556. The van der Waals surface area contributed by atoms with Gasteiger partial charge in [0.05, 0.1) is 0 Å². The van der Waals surface area contributed by atoms with Crippen LogP contribution in [-0.2, 0) is 16.0 Å². The van der Waals surface area contributed by atoms with Gasteiger partial charge in [0, 0.05) is 40.4 Å². The molecular weight excluding hydrogens is 323 g/mol. The highest BCUT2D eigenvalue weighted by molar-refractivity contribution is 5.84. The number of amides is 1. The first-order chi connectivity index (χ1) is 12.0. The van der Waals surface area contributed by atoms with Crippen LogP contribution in [0.3, 0.4) is 0 Å². The van der Waals surface area contributed by atoms with Gasteiger partial charge in [-0.25, -0.2) is 9.38 Å². The molecule has 0 atom stereocenters. The lowest BCUT2D eigenvalue weighted by atomic mass is 10.1. The standard InChI is InChI=1S/C18H29FN4O2/c1-4-25-13-5-11-20-18(22-14-17(24)23(2)3)21-12-10-15-6-8-16(19)9-7-15/h6-9H,4-5,10-14H2,1-3H3,(H2,20,21,22). The first-order valence-corrected chi connectivity index (χ1v) is 8.57. The summed E-state index contributed by atoms with van der Waals surface area (Å²) in [6.45, 7) is 4.78. The number of halogens is 1. The third kappa shape index (κ3) is 9.66. The summed E-state index contributed by atoms with van der Waals surface area (Å²) in [4.78, 5) is 17.5. The van der Waals surface area contributed by atoms with E-state index in [1.54, 1.807) is 26.2 Å². The third-order valence-corrected chi connectivity index (χ3v) is 3.45. The van der Waals surface area contributed by atoms with E-state index in [1.807, 2.05) is 6.92 Å². The molecule has 7 heteroatoms. The van der Waals surface area contributed by atoms with Crippen molar-refractivity contribution in [3.63, 3.8) is 0 Å². The fourth-order valence-electron chi connectivity index (χ4n) is 1.96. The average Bonchev–Trinajstić information content (AvgIpc) is 2.60. The zero-order chi connectivity index (χ0) is 18.5. The van der Waals surface area contributed by atoms with E-state index >= 15 is 0 Å². The molecule has 0 aliphatic carbocycles. The van der Waals surface area contributed by atoms with Gasteiger partial charge in [0.2, 0.25) is 5.91 Å². The summed E-state index contributed by atoms with van der Waals surface area (Å²) in [5, 5.41) is 6.40. The van der Waals surface area contributed by atoms with E-state index in [1.165, 1.54) is 17.0 Å². The number of ether oxygens (including phenoxy) is 1. The Bertz CT molecular complexity index is 532. The summed E-state index contributed by atoms with van der Waals surface area (Å²) in [6.07, 6.45) is 1.59. The van der Waals surface area contributed by atoms with Crippen molar-refractivity contribution >= 4 is 11.9 Å². The van der Waals surface area contributed by atoms with Crippen LogP contribution in [0.25, 0.3) is 0 Å². The Morgan fingerprint density at radius 2 is 1.88 bits per heavy atom. The van der Waals surface area contributed by atoms with Crippen LogP contribution in [-0.4, -0.2) is 63.7 Å². The van der Waals surface area contributed by atoms with Gasteiger partial charge in [-0.05, 0) is 37.5 Å². The maximum atomic E-state index is 12.9. The molecule has 0 bridgehead atoms. The molecule has 2 N–H and O–H groups in total. The van der Waals surface area contributed by atoms with Gasteiger partial charge >= 0.3 is 0 Å². The van der Waals surface area contributed by atoms with Crippen LogP contribution in [0.1, 0.15) is 18.9 Å². The minimum atomic E-state index is -0.239. The average molecular weight is 352 g/mol. The Balaban J connectivity index is 2.46. The topological polar surface area (TPSA) is 66.0 Å². The number of carbonyl (C=O) groups excluding carboxylic acids is 1. The minimum Gasteiger partial charge on any atom is -0.382 e. The number of nitrogens with zero attached hydrogens (tertiary/aromatic N) is 2. The summed E-state index contributed by atoms with van der Waals surface area (Å²) in [7, 11) is 3.41. The lowest BCUT2D eigenvalue weighted by Gasteiger charge is -2.14. The molecule has 1 aromatic rings. The molecule has 25 heavy (non-hydrogen) atoms. The van der Waals surface area contributed by atoms with Crippen LogP contribution >= 0.6 is 0 Å². The van der Waals surface area contributed by atoms with E-state index in [0.29, 0.717) is 32.3 Å². The predicted octanol–water partition coefficient (Wildman–Crippen LogP) is 1.42. The fourth-order valence-corrected chi connectivity index (χ4v) is 1.96. The Hall–Kier alpha value is -2.15. The quantitative estimate of drug-likeness (QED) is 0.380. The molecule has 0 unspecified atom stereocenters. The van der Waals surface area contributed by atoms with Crippen LogP contribution in [0.2, 0.25) is 0 Å². The Kier molecular flexibility index (Phi) is 10.2. The van der Waals surface area contributed by atoms with E-state index in [0.717, 1.165) is 18.4 Å². The maximum absolute atomic E-state index is 12.9. The highest BCUT2D eigenvalue weighted by Crippen LogP contribution is 2.02.